The molecular weight excluding hydrogens is 275 g/mol. The summed E-state index contributed by atoms with van der Waals surface area (Å²) in [6.07, 6.45) is 1.05. The normalized spacial score (nSPS) is 30.6. The Morgan fingerprint density at radius 3 is 2.35 bits per heavy atom. The van der Waals surface area contributed by atoms with E-state index >= 15 is 0 Å². The van der Waals surface area contributed by atoms with E-state index in [9.17, 15) is 22.8 Å². The number of halogens is 3. The quantitative estimate of drug-likeness (QED) is 0.792. The second kappa shape index (κ2) is 5.46. The lowest BCUT2D eigenvalue weighted by atomic mass is 9.93. The Kier molecular flexibility index (Phi) is 4.06. The zero-order valence-electron chi connectivity index (χ0n) is 10.8. The van der Waals surface area contributed by atoms with Crippen LogP contribution in [0, 0.1) is 17.8 Å². The summed E-state index contributed by atoms with van der Waals surface area (Å²) in [5.41, 5.74) is 0. The van der Waals surface area contributed by atoms with Crippen molar-refractivity contribution in [1.82, 2.24) is 4.90 Å². The van der Waals surface area contributed by atoms with Crippen LogP contribution in [0.1, 0.15) is 19.3 Å². The first-order valence-electron chi connectivity index (χ1n) is 6.54. The molecule has 1 unspecified atom stereocenters. The number of allylic oxidation sites excluding steroid dienone is 2. The van der Waals surface area contributed by atoms with Crippen LogP contribution >= 0.6 is 0 Å². The third-order valence-corrected chi connectivity index (χ3v) is 3.99. The number of amides is 1. The molecule has 1 aliphatic heterocycles. The van der Waals surface area contributed by atoms with Gasteiger partial charge >= 0.3 is 12.1 Å². The summed E-state index contributed by atoms with van der Waals surface area (Å²) in [6, 6.07) is 0. The van der Waals surface area contributed by atoms with Gasteiger partial charge in [0.1, 0.15) is 0 Å². The summed E-state index contributed by atoms with van der Waals surface area (Å²) in [6.45, 7) is -0.891. The van der Waals surface area contributed by atoms with E-state index in [1.54, 1.807) is 0 Å². The number of carboxylic acids is 1. The molecule has 1 fully saturated rings. The molecule has 0 radical (unpaired) electrons. The third kappa shape index (κ3) is 2.96. The fraction of sp³-hybridized carbons (Fsp3) is 0.692. The Morgan fingerprint density at radius 2 is 1.90 bits per heavy atom. The SMILES string of the molecule is O=C(O)[C@@H]1CN(C(=O)C2CC=CCC2)C[C@H]1C(F)(F)F. The van der Waals surface area contributed by atoms with Crippen LogP contribution in [0.4, 0.5) is 13.2 Å². The summed E-state index contributed by atoms with van der Waals surface area (Å²) in [5, 5.41) is 8.91. The van der Waals surface area contributed by atoms with E-state index in [0.717, 1.165) is 11.3 Å². The first-order valence-corrected chi connectivity index (χ1v) is 6.54. The molecule has 0 aromatic heterocycles. The smallest absolute Gasteiger partial charge is 0.394 e. The van der Waals surface area contributed by atoms with Gasteiger partial charge in [-0.15, -0.1) is 0 Å². The van der Waals surface area contributed by atoms with Crippen molar-refractivity contribution in [3.8, 4) is 0 Å². The summed E-state index contributed by atoms with van der Waals surface area (Å²) in [5.74, 6) is -5.69. The number of hydrogen-bond acceptors (Lipinski definition) is 2. The first-order chi connectivity index (χ1) is 9.30. The summed E-state index contributed by atoms with van der Waals surface area (Å²) < 4.78 is 38.5. The molecule has 0 bridgehead atoms. The molecule has 0 aromatic carbocycles. The van der Waals surface area contributed by atoms with Crippen molar-refractivity contribution < 1.29 is 27.9 Å². The lowest BCUT2D eigenvalue weighted by Gasteiger charge is -2.24. The number of carbonyl (C=O) groups is 2. The van der Waals surface area contributed by atoms with Crippen LogP contribution in [-0.4, -0.2) is 41.1 Å². The van der Waals surface area contributed by atoms with E-state index in [0.29, 0.717) is 12.8 Å². The molecule has 1 amide bonds. The third-order valence-electron chi connectivity index (χ3n) is 3.99. The van der Waals surface area contributed by atoms with Gasteiger partial charge in [0.05, 0.1) is 11.8 Å². The van der Waals surface area contributed by atoms with Crippen molar-refractivity contribution in [3.05, 3.63) is 12.2 Å². The summed E-state index contributed by atoms with van der Waals surface area (Å²) in [4.78, 5) is 24.2. The van der Waals surface area contributed by atoms with E-state index in [1.807, 2.05) is 12.2 Å². The maximum Gasteiger partial charge on any atom is 0.394 e. The number of carboxylic acid groups (broad SMARTS) is 1. The van der Waals surface area contributed by atoms with E-state index in [2.05, 4.69) is 0 Å². The fourth-order valence-electron chi connectivity index (χ4n) is 2.84. The minimum Gasteiger partial charge on any atom is -0.481 e. The molecule has 1 saturated heterocycles. The highest BCUT2D eigenvalue weighted by molar-refractivity contribution is 5.81. The predicted molar refractivity (Wildman–Crippen MR) is 63.7 cm³/mol. The van der Waals surface area contributed by atoms with Crippen LogP contribution < -0.4 is 0 Å². The monoisotopic (exact) mass is 291 g/mol. The van der Waals surface area contributed by atoms with Crippen LogP contribution in [0.5, 0.6) is 0 Å². The van der Waals surface area contributed by atoms with E-state index < -0.39 is 30.5 Å². The number of nitrogens with zero attached hydrogens (tertiary/aromatic N) is 1. The first kappa shape index (κ1) is 14.9. The van der Waals surface area contributed by atoms with Gasteiger partial charge < -0.3 is 10.0 Å². The highest BCUT2D eigenvalue weighted by atomic mass is 19.4. The number of alkyl halides is 3. The Bertz CT molecular complexity index is 433. The summed E-state index contributed by atoms with van der Waals surface area (Å²) in [7, 11) is 0. The van der Waals surface area contributed by atoms with Crippen LogP contribution in [-0.2, 0) is 9.59 Å². The minimum atomic E-state index is -4.59. The van der Waals surface area contributed by atoms with Crippen LogP contribution in [0.2, 0.25) is 0 Å². The number of carbonyl (C=O) groups excluding carboxylic acids is 1. The van der Waals surface area contributed by atoms with Crippen molar-refractivity contribution in [1.29, 1.82) is 0 Å². The van der Waals surface area contributed by atoms with Gasteiger partial charge in [-0.05, 0) is 19.3 Å². The fourth-order valence-corrected chi connectivity index (χ4v) is 2.84. The molecule has 2 aliphatic rings. The Morgan fingerprint density at radius 1 is 1.20 bits per heavy atom. The zero-order valence-corrected chi connectivity index (χ0v) is 10.8. The van der Waals surface area contributed by atoms with Crippen molar-refractivity contribution >= 4 is 11.9 Å². The van der Waals surface area contributed by atoms with Gasteiger partial charge in [0, 0.05) is 19.0 Å². The number of likely N-dealkylation sites (tertiary alicyclic amines) is 1. The van der Waals surface area contributed by atoms with E-state index in [-0.39, 0.29) is 18.4 Å². The van der Waals surface area contributed by atoms with Crippen LogP contribution in [0.25, 0.3) is 0 Å². The van der Waals surface area contributed by atoms with Gasteiger partial charge in [-0.3, -0.25) is 9.59 Å². The van der Waals surface area contributed by atoms with Crippen LogP contribution in [0.15, 0.2) is 12.2 Å². The molecule has 7 heteroatoms. The number of aliphatic carboxylic acids is 1. The van der Waals surface area contributed by atoms with Crippen molar-refractivity contribution in [3.63, 3.8) is 0 Å². The lowest BCUT2D eigenvalue weighted by Crippen LogP contribution is -2.36. The Balaban J connectivity index is 2.09. The molecule has 0 aromatic rings. The average Bonchev–Trinajstić information content (AvgIpc) is 2.84. The average molecular weight is 291 g/mol. The highest BCUT2D eigenvalue weighted by Gasteiger charge is 2.53. The van der Waals surface area contributed by atoms with Crippen LogP contribution in [0.3, 0.4) is 0 Å². The van der Waals surface area contributed by atoms with Gasteiger partial charge in [0.2, 0.25) is 5.91 Å². The zero-order chi connectivity index (χ0) is 14.9. The van der Waals surface area contributed by atoms with Crippen molar-refractivity contribution in [2.45, 2.75) is 25.4 Å². The molecule has 1 aliphatic carbocycles. The second-order valence-corrected chi connectivity index (χ2v) is 5.32. The molecule has 1 N–H and O–H groups in total. The molecule has 20 heavy (non-hydrogen) atoms. The van der Waals surface area contributed by atoms with Gasteiger partial charge in [0.15, 0.2) is 0 Å². The lowest BCUT2D eigenvalue weighted by molar-refractivity contribution is -0.188. The molecule has 2 rings (SSSR count). The predicted octanol–water partition coefficient (Wildman–Crippen LogP) is 2.06. The number of hydrogen-bond donors (Lipinski definition) is 1. The van der Waals surface area contributed by atoms with Gasteiger partial charge in [-0.25, -0.2) is 0 Å². The van der Waals surface area contributed by atoms with Crippen molar-refractivity contribution in [2.75, 3.05) is 13.1 Å². The molecule has 1 heterocycles. The van der Waals surface area contributed by atoms with E-state index in [1.165, 1.54) is 0 Å². The molecule has 0 spiro atoms. The second-order valence-electron chi connectivity index (χ2n) is 5.32. The topological polar surface area (TPSA) is 57.6 Å². The summed E-state index contributed by atoms with van der Waals surface area (Å²) >= 11 is 0. The van der Waals surface area contributed by atoms with Gasteiger partial charge in [-0.2, -0.15) is 13.2 Å². The maximum atomic E-state index is 12.8. The maximum absolute atomic E-state index is 12.8. The Labute approximate surface area is 114 Å². The van der Waals surface area contributed by atoms with Gasteiger partial charge in [0.25, 0.3) is 0 Å². The van der Waals surface area contributed by atoms with Crippen molar-refractivity contribution in [2.24, 2.45) is 17.8 Å². The molecule has 0 saturated carbocycles. The Hall–Kier alpha value is -1.53. The largest absolute Gasteiger partial charge is 0.481 e. The molecule has 112 valence electrons. The molecule has 3 atom stereocenters. The molecule has 4 nitrogen and oxygen atoms in total. The highest BCUT2D eigenvalue weighted by Crippen LogP contribution is 2.38. The number of rotatable bonds is 2. The molecular formula is C13H16F3NO3. The van der Waals surface area contributed by atoms with E-state index in [4.69, 9.17) is 5.11 Å². The van der Waals surface area contributed by atoms with Gasteiger partial charge in [-0.1, -0.05) is 12.2 Å². The minimum absolute atomic E-state index is 0.318. The standard InChI is InChI=1S/C13H16F3NO3/c14-13(15,16)10-7-17(6-9(10)12(19)20)11(18)8-4-2-1-3-5-8/h1-2,8-10H,3-7H2,(H,19,20)/t8?,9-,10-/m1/s1.